The SMILES string of the molecule is CC(C)(C)NCC(F)c1ccco1. The summed E-state index contributed by atoms with van der Waals surface area (Å²) in [5, 5.41) is 3.07. The molecule has 0 saturated heterocycles. The monoisotopic (exact) mass is 185 g/mol. The van der Waals surface area contributed by atoms with Crippen LogP contribution in [0.25, 0.3) is 0 Å². The highest BCUT2D eigenvalue weighted by Gasteiger charge is 2.16. The summed E-state index contributed by atoms with van der Waals surface area (Å²) in [4.78, 5) is 0. The summed E-state index contributed by atoms with van der Waals surface area (Å²) in [6, 6.07) is 3.34. The zero-order chi connectivity index (χ0) is 9.90. The van der Waals surface area contributed by atoms with Gasteiger partial charge in [-0.15, -0.1) is 0 Å². The molecule has 0 fully saturated rings. The van der Waals surface area contributed by atoms with Crippen molar-refractivity contribution in [2.45, 2.75) is 32.5 Å². The first-order valence-corrected chi connectivity index (χ1v) is 4.41. The van der Waals surface area contributed by atoms with Crippen molar-refractivity contribution in [3.8, 4) is 0 Å². The normalized spacial score (nSPS) is 14.5. The van der Waals surface area contributed by atoms with Gasteiger partial charge < -0.3 is 9.73 Å². The number of halogens is 1. The zero-order valence-electron chi connectivity index (χ0n) is 8.30. The van der Waals surface area contributed by atoms with Gasteiger partial charge in [0.25, 0.3) is 0 Å². The summed E-state index contributed by atoms with van der Waals surface area (Å²) < 4.78 is 18.3. The molecule has 1 heterocycles. The molecule has 1 unspecified atom stereocenters. The van der Waals surface area contributed by atoms with Gasteiger partial charge in [-0.3, -0.25) is 0 Å². The molecule has 74 valence electrons. The maximum absolute atomic E-state index is 13.3. The Kier molecular flexibility index (Phi) is 3.09. The minimum absolute atomic E-state index is 0.0586. The van der Waals surface area contributed by atoms with E-state index in [4.69, 9.17) is 4.42 Å². The third kappa shape index (κ3) is 3.59. The lowest BCUT2D eigenvalue weighted by Gasteiger charge is -2.21. The van der Waals surface area contributed by atoms with Gasteiger partial charge in [0.05, 0.1) is 6.26 Å². The zero-order valence-corrected chi connectivity index (χ0v) is 8.30. The van der Waals surface area contributed by atoms with Crippen LogP contribution < -0.4 is 5.32 Å². The third-order valence-electron chi connectivity index (χ3n) is 1.66. The first-order valence-electron chi connectivity index (χ1n) is 4.41. The minimum atomic E-state index is -1.06. The number of furan rings is 1. The molecular weight excluding hydrogens is 169 g/mol. The number of hydrogen-bond donors (Lipinski definition) is 1. The van der Waals surface area contributed by atoms with Crippen molar-refractivity contribution in [1.29, 1.82) is 0 Å². The molecule has 1 aromatic rings. The van der Waals surface area contributed by atoms with E-state index in [9.17, 15) is 4.39 Å². The number of hydrogen-bond acceptors (Lipinski definition) is 2. The van der Waals surface area contributed by atoms with Gasteiger partial charge in [-0.2, -0.15) is 0 Å². The summed E-state index contributed by atoms with van der Waals surface area (Å²) in [6.45, 7) is 6.29. The fourth-order valence-electron chi connectivity index (χ4n) is 0.966. The molecule has 1 rings (SSSR count). The lowest BCUT2D eigenvalue weighted by Crippen LogP contribution is -2.37. The Bertz CT molecular complexity index is 238. The molecule has 0 saturated carbocycles. The van der Waals surface area contributed by atoms with Crippen molar-refractivity contribution in [3.05, 3.63) is 24.2 Å². The van der Waals surface area contributed by atoms with Crippen LogP contribution in [0.5, 0.6) is 0 Å². The molecule has 0 spiro atoms. The van der Waals surface area contributed by atoms with Crippen molar-refractivity contribution in [3.63, 3.8) is 0 Å². The van der Waals surface area contributed by atoms with Crippen molar-refractivity contribution in [2.75, 3.05) is 6.54 Å². The molecule has 0 radical (unpaired) electrons. The highest BCUT2D eigenvalue weighted by molar-refractivity contribution is 5.02. The van der Waals surface area contributed by atoms with Crippen LogP contribution in [0.3, 0.4) is 0 Å². The third-order valence-corrected chi connectivity index (χ3v) is 1.66. The number of nitrogens with one attached hydrogen (secondary N) is 1. The second kappa shape index (κ2) is 3.92. The molecular formula is C10H16FNO. The maximum atomic E-state index is 13.3. The van der Waals surface area contributed by atoms with Gasteiger partial charge in [0.2, 0.25) is 0 Å². The van der Waals surface area contributed by atoms with Crippen LogP contribution >= 0.6 is 0 Å². The molecule has 0 aliphatic carbocycles. The van der Waals surface area contributed by atoms with E-state index in [2.05, 4.69) is 5.32 Å². The van der Waals surface area contributed by atoms with Crippen LogP contribution in [0.15, 0.2) is 22.8 Å². The van der Waals surface area contributed by atoms with Gasteiger partial charge in [-0.1, -0.05) is 0 Å². The van der Waals surface area contributed by atoms with E-state index in [0.29, 0.717) is 5.76 Å². The molecule has 0 aromatic carbocycles. The van der Waals surface area contributed by atoms with Crippen LogP contribution in [-0.2, 0) is 0 Å². The van der Waals surface area contributed by atoms with E-state index >= 15 is 0 Å². The van der Waals surface area contributed by atoms with Crippen molar-refractivity contribution in [2.24, 2.45) is 0 Å². The van der Waals surface area contributed by atoms with Crippen LogP contribution in [0.2, 0.25) is 0 Å². The number of rotatable bonds is 3. The van der Waals surface area contributed by atoms with E-state index in [1.54, 1.807) is 12.1 Å². The largest absolute Gasteiger partial charge is 0.466 e. The summed E-state index contributed by atoms with van der Waals surface area (Å²) in [5.74, 6) is 0.386. The second-order valence-corrected chi connectivity index (χ2v) is 4.11. The summed E-state index contributed by atoms with van der Waals surface area (Å²) in [5.41, 5.74) is -0.0586. The van der Waals surface area contributed by atoms with Gasteiger partial charge in [-0.05, 0) is 32.9 Å². The summed E-state index contributed by atoms with van der Waals surface area (Å²) in [7, 11) is 0. The van der Waals surface area contributed by atoms with Gasteiger partial charge >= 0.3 is 0 Å². The van der Waals surface area contributed by atoms with Crippen LogP contribution in [0.1, 0.15) is 32.7 Å². The molecule has 0 aliphatic rings. The van der Waals surface area contributed by atoms with Gasteiger partial charge in [0.1, 0.15) is 5.76 Å². The highest BCUT2D eigenvalue weighted by atomic mass is 19.1. The Morgan fingerprint density at radius 1 is 1.54 bits per heavy atom. The lowest BCUT2D eigenvalue weighted by atomic mass is 10.1. The molecule has 1 aromatic heterocycles. The van der Waals surface area contributed by atoms with Crippen LogP contribution in [0.4, 0.5) is 4.39 Å². The Labute approximate surface area is 78.1 Å². The van der Waals surface area contributed by atoms with Gasteiger partial charge in [0, 0.05) is 12.1 Å². The Hall–Kier alpha value is -0.830. The quantitative estimate of drug-likeness (QED) is 0.783. The Morgan fingerprint density at radius 2 is 2.23 bits per heavy atom. The first kappa shape index (κ1) is 10.3. The molecule has 0 aliphatic heterocycles. The average molecular weight is 185 g/mol. The number of alkyl halides is 1. The Balaban J connectivity index is 2.39. The van der Waals surface area contributed by atoms with E-state index in [1.807, 2.05) is 20.8 Å². The predicted molar refractivity (Wildman–Crippen MR) is 50.3 cm³/mol. The van der Waals surface area contributed by atoms with Crippen LogP contribution in [-0.4, -0.2) is 12.1 Å². The van der Waals surface area contributed by atoms with E-state index in [-0.39, 0.29) is 12.1 Å². The smallest absolute Gasteiger partial charge is 0.170 e. The second-order valence-electron chi connectivity index (χ2n) is 4.11. The summed E-state index contributed by atoms with van der Waals surface area (Å²) in [6.07, 6.45) is 0.424. The molecule has 13 heavy (non-hydrogen) atoms. The average Bonchev–Trinajstić information content (AvgIpc) is 2.50. The Morgan fingerprint density at radius 3 is 2.69 bits per heavy atom. The van der Waals surface area contributed by atoms with Crippen molar-refractivity contribution >= 4 is 0 Å². The standard InChI is InChI=1S/C10H16FNO/c1-10(2,3)12-7-8(11)9-5-4-6-13-9/h4-6,8,12H,7H2,1-3H3. The van der Waals surface area contributed by atoms with Crippen molar-refractivity contribution in [1.82, 2.24) is 5.32 Å². The fraction of sp³-hybridized carbons (Fsp3) is 0.600. The topological polar surface area (TPSA) is 25.2 Å². The van der Waals surface area contributed by atoms with E-state index in [0.717, 1.165) is 0 Å². The molecule has 1 atom stereocenters. The van der Waals surface area contributed by atoms with Crippen LogP contribution in [0, 0.1) is 0 Å². The molecule has 0 bridgehead atoms. The maximum Gasteiger partial charge on any atom is 0.170 e. The molecule has 1 N–H and O–H groups in total. The van der Waals surface area contributed by atoms with E-state index < -0.39 is 6.17 Å². The van der Waals surface area contributed by atoms with Gasteiger partial charge in [-0.25, -0.2) is 4.39 Å². The molecule has 2 nitrogen and oxygen atoms in total. The highest BCUT2D eigenvalue weighted by Crippen LogP contribution is 2.17. The first-order chi connectivity index (χ1) is 5.99. The van der Waals surface area contributed by atoms with Crippen molar-refractivity contribution < 1.29 is 8.81 Å². The van der Waals surface area contributed by atoms with E-state index in [1.165, 1.54) is 6.26 Å². The summed E-state index contributed by atoms with van der Waals surface area (Å²) >= 11 is 0. The molecule has 3 heteroatoms. The lowest BCUT2D eigenvalue weighted by molar-refractivity contribution is 0.254. The minimum Gasteiger partial charge on any atom is -0.466 e. The molecule has 0 amide bonds. The fourth-order valence-corrected chi connectivity index (χ4v) is 0.966. The predicted octanol–water partition coefficient (Wildman–Crippen LogP) is 2.68. The van der Waals surface area contributed by atoms with Gasteiger partial charge in [0.15, 0.2) is 6.17 Å².